The first-order chi connectivity index (χ1) is 8.91. The smallest absolute Gasteiger partial charge is 0.248 e. The molecule has 0 amide bonds. The molecular formula is C14H34Cl2OSi3. The van der Waals surface area contributed by atoms with Crippen LogP contribution in [-0.4, -0.2) is 23.3 Å². The summed E-state index contributed by atoms with van der Waals surface area (Å²) in [5.41, 5.74) is 0. The van der Waals surface area contributed by atoms with E-state index >= 15 is 0 Å². The minimum absolute atomic E-state index is 1.04. The third-order valence-electron chi connectivity index (χ3n) is 3.23. The third-order valence-corrected chi connectivity index (χ3v) is 11.8. The Labute approximate surface area is 139 Å². The Morgan fingerprint density at radius 1 is 0.650 bits per heavy atom. The Morgan fingerprint density at radius 2 is 1.05 bits per heavy atom. The molecule has 0 aromatic heterocycles. The Balaban J connectivity index is 3.53. The molecular weight excluding hydrogens is 339 g/mol. The van der Waals surface area contributed by atoms with Crippen molar-refractivity contribution in [3.63, 3.8) is 0 Å². The molecule has 1 nitrogen and oxygen atoms in total. The van der Waals surface area contributed by atoms with Crippen LogP contribution in [0.2, 0.25) is 51.4 Å². The van der Waals surface area contributed by atoms with Gasteiger partial charge < -0.3 is 4.12 Å². The van der Waals surface area contributed by atoms with Gasteiger partial charge in [0, 0.05) is 0 Å². The normalized spacial score (nSPS) is 13.8. The molecule has 0 unspecified atom stereocenters. The highest BCUT2D eigenvalue weighted by Gasteiger charge is 2.28. The van der Waals surface area contributed by atoms with Crippen LogP contribution in [0.25, 0.3) is 0 Å². The molecule has 122 valence electrons. The van der Waals surface area contributed by atoms with E-state index in [0.29, 0.717) is 0 Å². The van der Waals surface area contributed by atoms with E-state index in [9.17, 15) is 0 Å². The average molecular weight is 374 g/mol. The SMILES string of the molecule is C[Si](Cl)(Cl)CCCCCCCC[Si](C)(C)O[Si](C)(C)C. The fourth-order valence-electron chi connectivity index (χ4n) is 2.57. The van der Waals surface area contributed by atoms with Gasteiger partial charge in [0.25, 0.3) is 0 Å². The summed E-state index contributed by atoms with van der Waals surface area (Å²) in [5.74, 6) is 0. The molecule has 0 aromatic rings. The summed E-state index contributed by atoms with van der Waals surface area (Å²) >= 11 is 12.2. The van der Waals surface area contributed by atoms with Crippen LogP contribution < -0.4 is 0 Å². The van der Waals surface area contributed by atoms with E-state index < -0.39 is 23.3 Å². The van der Waals surface area contributed by atoms with Crippen molar-refractivity contribution in [3.8, 4) is 0 Å². The van der Waals surface area contributed by atoms with Crippen molar-refractivity contribution in [2.24, 2.45) is 0 Å². The summed E-state index contributed by atoms with van der Waals surface area (Å²) in [4.78, 5) is 0. The van der Waals surface area contributed by atoms with Gasteiger partial charge >= 0.3 is 0 Å². The summed E-state index contributed by atoms with van der Waals surface area (Å²) in [6.07, 6.45) is 7.85. The molecule has 0 spiro atoms. The van der Waals surface area contributed by atoms with Gasteiger partial charge in [0.15, 0.2) is 16.6 Å². The number of unbranched alkanes of at least 4 members (excludes halogenated alkanes) is 5. The Kier molecular flexibility index (Phi) is 9.91. The molecule has 0 aliphatic rings. The van der Waals surface area contributed by atoms with Gasteiger partial charge in [-0.15, -0.1) is 22.2 Å². The van der Waals surface area contributed by atoms with E-state index in [-0.39, 0.29) is 0 Å². The van der Waals surface area contributed by atoms with E-state index in [1.54, 1.807) is 0 Å². The fourth-order valence-corrected chi connectivity index (χ4v) is 12.4. The highest BCUT2D eigenvalue weighted by atomic mass is 35.7. The predicted octanol–water partition coefficient (Wildman–Crippen LogP) is 6.93. The summed E-state index contributed by atoms with van der Waals surface area (Å²) in [6, 6.07) is 2.35. The second-order valence-corrected chi connectivity index (χ2v) is 25.0. The summed E-state index contributed by atoms with van der Waals surface area (Å²) in [7, 11) is -2.76. The van der Waals surface area contributed by atoms with Gasteiger partial charge in [-0.1, -0.05) is 38.5 Å². The molecule has 0 fully saturated rings. The lowest BCUT2D eigenvalue weighted by Gasteiger charge is -2.31. The van der Waals surface area contributed by atoms with Crippen LogP contribution in [0.1, 0.15) is 38.5 Å². The minimum Gasteiger partial charge on any atom is -0.456 e. The number of halogens is 2. The van der Waals surface area contributed by atoms with Gasteiger partial charge in [0.05, 0.1) is 0 Å². The maximum atomic E-state index is 6.36. The molecule has 0 aliphatic carbocycles. The zero-order chi connectivity index (χ0) is 15.9. The largest absolute Gasteiger partial charge is 0.456 e. The average Bonchev–Trinajstić information content (AvgIpc) is 2.16. The van der Waals surface area contributed by atoms with E-state index in [4.69, 9.17) is 26.3 Å². The molecule has 0 aliphatic heterocycles. The molecule has 0 aromatic carbocycles. The Hall–Kier alpha value is 1.19. The lowest BCUT2D eigenvalue weighted by molar-refractivity contribution is 0.536. The van der Waals surface area contributed by atoms with Crippen LogP contribution in [0, 0.1) is 0 Å². The van der Waals surface area contributed by atoms with Crippen LogP contribution in [0.4, 0.5) is 0 Å². The molecule has 0 heterocycles. The van der Waals surface area contributed by atoms with Crippen LogP contribution in [0.3, 0.4) is 0 Å². The fraction of sp³-hybridized carbons (Fsp3) is 1.00. The molecule has 0 rings (SSSR count). The van der Waals surface area contributed by atoms with Gasteiger partial charge in [-0.3, -0.25) is 0 Å². The van der Waals surface area contributed by atoms with Crippen LogP contribution in [0.5, 0.6) is 0 Å². The second-order valence-electron chi connectivity index (χ2n) is 7.67. The van der Waals surface area contributed by atoms with Crippen molar-refractivity contribution in [2.75, 3.05) is 0 Å². The van der Waals surface area contributed by atoms with Gasteiger partial charge in [0.2, 0.25) is 6.69 Å². The van der Waals surface area contributed by atoms with E-state index in [0.717, 1.165) is 6.04 Å². The van der Waals surface area contributed by atoms with Crippen LogP contribution >= 0.6 is 22.2 Å². The molecule has 0 bridgehead atoms. The third kappa shape index (κ3) is 15.6. The molecule has 6 heteroatoms. The summed E-state index contributed by atoms with van der Waals surface area (Å²) in [6.45, 7) is 11.8. The highest BCUT2D eigenvalue weighted by molar-refractivity contribution is 7.44. The van der Waals surface area contributed by atoms with Gasteiger partial charge in [0.1, 0.15) is 0 Å². The van der Waals surface area contributed by atoms with Crippen molar-refractivity contribution >= 4 is 45.5 Å². The standard InChI is InChI=1S/C14H34Cl2OSi3/c1-18(2,3)17-19(4,5)13-11-9-7-8-10-12-14-20(6,15)16/h7-14H2,1-6H3. The zero-order valence-electron chi connectivity index (χ0n) is 14.3. The highest BCUT2D eigenvalue weighted by Crippen LogP contribution is 2.24. The molecule has 20 heavy (non-hydrogen) atoms. The lowest BCUT2D eigenvalue weighted by atomic mass is 10.1. The molecule has 0 atom stereocenters. The van der Waals surface area contributed by atoms with Crippen molar-refractivity contribution in [3.05, 3.63) is 0 Å². The van der Waals surface area contributed by atoms with Crippen molar-refractivity contribution in [2.45, 2.75) is 89.9 Å². The number of hydrogen-bond donors (Lipinski definition) is 0. The zero-order valence-corrected chi connectivity index (χ0v) is 18.8. The Bertz CT molecular complexity index is 260. The Morgan fingerprint density at radius 3 is 1.45 bits per heavy atom. The quantitative estimate of drug-likeness (QED) is 0.217. The molecule has 0 saturated heterocycles. The summed E-state index contributed by atoms with van der Waals surface area (Å²) < 4.78 is 6.36. The molecule has 0 radical (unpaired) electrons. The summed E-state index contributed by atoms with van der Waals surface area (Å²) in [5, 5.41) is 0. The molecule has 0 saturated carbocycles. The van der Waals surface area contributed by atoms with E-state index in [2.05, 4.69) is 32.7 Å². The van der Waals surface area contributed by atoms with Gasteiger partial charge in [-0.2, -0.15) is 0 Å². The monoisotopic (exact) mass is 372 g/mol. The van der Waals surface area contributed by atoms with Crippen molar-refractivity contribution < 1.29 is 4.12 Å². The predicted molar refractivity (Wildman–Crippen MR) is 103 cm³/mol. The van der Waals surface area contributed by atoms with E-state index in [1.807, 2.05) is 6.55 Å². The first-order valence-electron chi connectivity index (χ1n) is 7.99. The maximum Gasteiger partial charge on any atom is 0.248 e. The lowest BCUT2D eigenvalue weighted by Crippen LogP contribution is -2.42. The van der Waals surface area contributed by atoms with E-state index in [1.165, 1.54) is 44.6 Å². The number of hydrogen-bond acceptors (Lipinski definition) is 1. The van der Waals surface area contributed by atoms with Crippen LogP contribution in [-0.2, 0) is 4.12 Å². The van der Waals surface area contributed by atoms with Crippen LogP contribution in [0.15, 0.2) is 0 Å². The first kappa shape index (κ1) is 21.2. The topological polar surface area (TPSA) is 9.23 Å². The maximum absolute atomic E-state index is 6.36. The second kappa shape index (κ2) is 9.36. The minimum atomic E-state index is -1.84. The van der Waals surface area contributed by atoms with Gasteiger partial charge in [-0.05, 0) is 51.4 Å². The van der Waals surface area contributed by atoms with Crippen molar-refractivity contribution in [1.29, 1.82) is 0 Å². The van der Waals surface area contributed by atoms with Crippen molar-refractivity contribution in [1.82, 2.24) is 0 Å². The molecule has 0 N–H and O–H groups in total. The van der Waals surface area contributed by atoms with Gasteiger partial charge in [-0.25, -0.2) is 0 Å². The first-order valence-corrected chi connectivity index (χ1v) is 19.2. The number of rotatable bonds is 11.